The van der Waals surface area contributed by atoms with E-state index in [4.69, 9.17) is 4.98 Å². The lowest BCUT2D eigenvalue weighted by Crippen LogP contribution is -2.18. The molecule has 1 atom stereocenters. The zero-order valence-electron chi connectivity index (χ0n) is 13.4. The molecule has 0 fully saturated rings. The maximum atomic E-state index is 4.73. The van der Waals surface area contributed by atoms with Crippen molar-refractivity contribution in [3.8, 4) is 0 Å². The van der Waals surface area contributed by atoms with Gasteiger partial charge >= 0.3 is 0 Å². The number of nitrogens with one attached hydrogen (secondary N) is 1. The molecule has 1 unspecified atom stereocenters. The number of rotatable bonds is 5. The van der Waals surface area contributed by atoms with Gasteiger partial charge in [-0.3, -0.25) is 0 Å². The highest BCUT2D eigenvalue weighted by Gasteiger charge is 2.18. The Morgan fingerprint density at radius 1 is 1.24 bits per heavy atom. The maximum absolute atomic E-state index is 4.73. The molecule has 0 saturated heterocycles. The Morgan fingerprint density at radius 2 is 1.90 bits per heavy atom. The molecule has 2 aromatic rings. The maximum Gasteiger partial charge on any atom is 0.0982 e. The van der Waals surface area contributed by atoms with Crippen molar-refractivity contribution in [1.29, 1.82) is 0 Å². The van der Waals surface area contributed by atoms with Gasteiger partial charge in [0.15, 0.2) is 0 Å². The van der Waals surface area contributed by atoms with Crippen LogP contribution in [0, 0.1) is 0 Å². The summed E-state index contributed by atoms with van der Waals surface area (Å²) in [6, 6.07) is 9.09. The van der Waals surface area contributed by atoms with Crippen LogP contribution in [0.5, 0.6) is 0 Å². The van der Waals surface area contributed by atoms with Crippen molar-refractivity contribution in [1.82, 2.24) is 10.3 Å². The molecule has 114 valence electrons. The van der Waals surface area contributed by atoms with E-state index in [9.17, 15) is 0 Å². The van der Waals surface area contributed by atoms with Gasteiger partial charge in [0.25, 0.3) is 0 Å². The minimum absolute atomic E-state index is 0.141. The molecular weight excluding hydrogens is 296 g/mol. The normalized spacial score (nSPS) is 13.4. The highest BCUT2D eigenvalue weighted by Crippen LogP contribution is 2.26. The van der Waals surface area contributed by atoms with Crippen molar-refractivity contribution < 1.29 is 0 Å². The summed E-state index contributed by atoms with van der Waals surface area (Å²) in [4.78, 5) is 6.03. The van der Waals surface area contributed by atoms with Gasteiger partial charge in [0, 0.05) is 28.3 Å². The largest absolute Gasteiger partial charge is 0.305 e. The molecule has 0 bridgehead atoms. The minimum Gasteiger partial charge on any atom is -0.305 e. The van der Waals surface area contributed by atoms with Crippen LogP contribution >= 0.6 is 23.1 Å². The van der Waals surface area contributed by atoms with E-state index in [1.165, 1.54) is 15.5 Å². The predicted molar refractivity (Wildman–Crippen MR) is 94.3 cm³/mol. The molecule has 21 heavy (non-hydrogen) atoms. The van der Waals surface area contributed by atoms with Crippen LogP contribution in [0.15, 0.2) is 34.5 Å². The molecule has 1 N–H and O–H groups in total. The van der Waals surface area contributed by atoms with Crippen LogP contribution < -0.4 is 5.32 Å². The number of hydrogen-bond acceptors (Lipinski definition) is 4. The lowest BCUT2D eigenvalue weighted by Gasteiger charge is -2.15. The first kappa shape index (κ1) is 16.5. The van der Waals surface area contributed by atoms with Crippen LogP contribution in [0.1, 0.15) is 50.0 Å². The van der Waals surface area contributed by atoms with Crippen molar-refractivity contribution in [2.24, 2.45) is 0 Å². The predicted octanol–water partition coefficient (Wildman–Crippen LogP) is 5.01. The summed E-state index contributed by atoms with van der Waals surface area (Å²) < 4.78 is 0. The first-order chi connectivity index (χ1) is 9.90. The zero-order valence-corrected chi connectivity index (χ0v) is 15.1. The summed E-state index contributed by atoms with van der Waals surface area (Å²) in [5.41, 5.74) is 2.60. The molecule has 4 heteroatoms. The van der Waals surface area contributed by atoms with Crippen LogP contribution in [-0.2, 0) is 12.0 Å². The molecule has 0 saturated carbocycles. The van der Waals surface area contributed by atoms with Crippen molar-refractivity contribution in [2.75, 3.05) is 6.26 Å². The fourth-order valence-corrected chi connectivity index (χ4v) is 3.32. The summed E-state index contributed by atoms with van der Waals surface area (Å²) in [6.07, 6.45) is 2.10. The molecule has 2 rings (SSSR count). The number of aromatic nitrogens is 1. The lowest BCUT2D eigenvalue weighted by molar-refractivity contribution is 0.556. The summed E-state index contributed by atoms with van der Waals surface area (Å²) in [6.45, 7) is 9.64. The number of benzene rings is 1. The monoisotopic (exact) mass is 320 g/mol. The zero-order chi connectivity index (χ0) is 15.5. The minimum atomic E-state index is 0.141. The Hall–Kier alpha value is -0.840. The summed E-state index contributed by atoms with van der Waals surface area (Å²) in [5, 5.41) is 6.92. The van der Waals surface area contributed by atoms with Crippen LogP contribution in [0.25, 0.3) is 0 Å². The molecular formula is C17H24N2S2. The Kier molecular flexibility index (Phi) is 5.47. The van der Waals surface area contributed by atoms with Crippen LogP contribution in [0.2, 0.25) is 0 Å². The number of thiazole rings is 1. The van der Waals surface area contributed by atoms with Gasteiger partial charge in [-0.25, -0.2) is 4.98 Å². The highest BCUT2D eigenvalue weighted by atomic mass is 32.2. The standard InChI is InChI=1S/C17H24N2S2/c1-12(13-6-8-15(20-5)9-7-13)18-10-14-11-21-16(19-14)17(2,3)4/h6-9,11-12,18H,10H2,1-5H3. The number of thioether (sulfide) groups is 1. The van der Waals surface area contributed by atoms with E-state index in [1.54, 1.807) is 23.1 Å². The second-order valence-electron chi connectivity index (χ2n) is 6.27. The molecule has 0 spiro atoms. The average molecular weight is 321 g/mol. The van der Waals surface area contributed by atoms with E-state index in [0.717, 1.165) is 12.2 Å². The van der Waals surface area contributed by atoms with Gasteiger partial charge in [-0.1, -0.05) is 32.9 Å². The van der Waals surface area contributed by atoms with Crippen LogP contribution in [0.4, 0.5) is 0 Å². The molecule has 1 aromatic carbocycles. The van der Waals surface area contributed by atoms with E-state index < -0.39 is 0 Å². The third-order valence-corrected chi connectivity index (χ3v) is 5.46. The fourth-order valence-electron chi connectivity index (χ4n) is 2.00. The summed E-state index contributed by atoms with van der Waals surface area (Å²) in [7, 11) is 0. The van der Waals surface area contributed by atoms with Crippen molar-refractivity contribution in [3.63, 3.8) is 0 Å². The molecule has 0 aliphatic rings. The molecule has 2 nitrogen and oxygen atoms in total. The van der Waals surface area contributed by atoms with Crippen molar-refractivity contribution in [3.05, 3.63) is 45.9 Å². The van der Waals surface area contributed by atoms with E-state index in [0.29, 0.717) is 6.04 Å². The fraction of sp³-hybridized carbons (Fsp3) is 0.471. The lowest BCUT2D eigenvalue weighted by atomic mass is 9.98. The van der Waals surface area contributed by atoms with Gasteiger partial charge < -0.3 is 5.32 Å². The Bertz CT molecular complexity index is 567. The summed E-state index contributed by atoms with van der Waals surface area (Å²) in [5.74, 6) is 0. The number of hydrogen-bond donors (Lipinski definition) is 1. The molecule has 0 radical (unpaired) electrons. The topological polar surface area (TPSA) is 24.9 Å². The first-order valence-corrected chi connectivity index (χ1v) is 9.33. The molecule has 0 aliphatic heterocycles. The van der Waals surface area contributed by atoms with Gasteiger partial charge in [-0.2, -0.15) is 0 Å². The average Bonchev–Trinajstić information content (AvgIpc) is 2.94. The van der Waals surface area contributed by atoms with Crippen molar-refractivity contribution >= 4 is 23.1 Å². The number of nitrogens with zero attached hydrogens (tertiary/aromatic N) is 1. The SMILES string of the molecule is CSc1ccc(C(C)NCc2csc(C(C)(C)C)n2)cc1. The quantitative estimate of drug-likeness (QED) is 0.784. The second-order valence-corrected chi connectivity index (χ2v) is 8.01. The second kappa shape index (κ2) is 6.95. The van der Waals surface area contributed by atoms with Gasteiger partial charge in [-0.05, 0) is 30.9 Å². The Balaban J connectivity index is 1.94. The van der Waals surface area contributed by atoms with Gasteiger partial charge in [0.1, 0.15) is 0 Å². The van der Waals surface area contributed by atoms with Gasteiger partial charge in [-0.15, -0.1) is 23.1 Å². The van der Waals surface area contributed by atoms with Gasteiger partial charge in [0.05, 0.1) is 10.7 Å². The molecule has 1 aromatic heterocycles. The summed E-state index contributed by atoms with van der Waals surface area (Å²) >= 11 is 3.53. The van der Waals surface area contributed by atoms with Crippen molar-refractivity contribution in [2.45, 2.75) is 50.6 Å². The third-order valence-electron chi connectivity index (χ3n) is 3.40. The molecule has 1 heterocycles. The van der Waals surface area contributed by atoms with E-state index in [1.807, 2.05) is 0 Å². The van der Waals surface area contributed by atoms with Crippen LogP contribution in [0.3, 0.4) is 0 Å². The first-order valence-electron chi connectivity index (χ1n) is 7.22. The van der Waals surface area contributed by atoms with Gasteiger partial charge in [0.2, 0.25) is 0 Å². The van der Waals surface area contributed by atoms with E-state index >= 15 is 0 Å². The molecule has 0 amide bonds. The van der Waals surface area contributed by atoms with E-state index in [2.05, 4.69) is 68.9 Å². The Morgan fingerprint density at radius 3 is 2.43 bits per heavy atom. The van der Waals surface area contributed by atoms with Crippen LogP contribution in [-0.4, -0.2) is 11.2 Å². The van der Waals surface area contributed by atoms with E-state index in [-0.39, 0.29) is 5.41 Å². The Labute approximate surface area is 136 Å². The smallest absolute Gasteiger partial charge is 0.0982 e. The third kappa shape index (κ3) is 4.56. The highest BCUT2D eigenvalue weighted by molar-refractivity contribution is 7.98. The molecule has 0 aliphatic carbocycles.